The molecule has 0 N–H and O–H groups in total. The maximum Gasteiger partial charge on any atom is 0.215 e. The summed E-state index contributed by atoms with van der Waals surface area (Å²) in [6.07, 6.45) is 6.68. The van der Waals surface area contributed by atoms with Crippen LogP contribution in [0.5, 0.6) is 0 Å². The quantitative estimate of drug-likeness (QED) is 0.642. The smallest absolute Gasteiger partial charge is 0.215 e. The van der Waals surface area contributed by atoms with Crippen LogP contribution in [-0.4, -0.2) is 20.3 Å². The van der Waals surface area contributed by atoms with Crippen molar-refractivity contribution in [2.75, 3.05) is 0 Å². The van der Waals surface area contributed by atoms with Gasteiger partial charge in [-0.05, 0) is 5.39 Å². The molecule has 0 aliphatic carbocycles. The van der Waals surface area contributed by atoms with Crippen molar-refractivity contribution in [3.63, 3.8) is 0 Å². The van der Waals surface area contributed by atoms with Gasteiger partial charge in [-0.15, -0.1) is 0 Å². The lowest BCUT2D eigenvalue weighted by Gasteiger charge is -2.02. The van der Waals surface area contributed by atoms with Crippen LogP contribution in [0.1, 0.15) is 16.1 Å². The number of aromatic nitrogens is 3. The number of hydrogen-bond donors (Lipinski definition) is 0. The van der Waals surface area contributed by atoms with Gasteiger partial charge in [0.2, 0.25) is 5.78 Å². The zero-order chi connectivity index (χ0) is 12.5. The number of hydrogen-bond acceptors (Lipinski definition) is 3. The van der Waals surface area contributed by atoms with E-state index in [1.54, 1.807) is 29.5 Å². The highest BCUT2D eigenvalue weighted by atomic mass is 16.1. The van der Waals surface area contributed by atoms with Gasteiger partial charge in [0.1, 0.15) is 5.69 Å². The summed E-state index contributed by atoms with van der Waals surface area (Å²) in [7, 11) is 1.84. The van der Waals surface area contributed by atoms with Crippen LogP contribution in [-0.2, 0) is 7.05 Å². The first-order chi connectivity index (χ1) is 8.75. The van der Waals surface area contributed by atoms with E-state index in [9.17, 15) is 4.79 Å². The van der Waals surface area contributed by atoms with E-state index in [1.165, 1.54) is 0 Å². The minimum absolute atomic E-state index is 0.0973. The van der Waals surface area contributed by atoms with Crippen LogP contribution in [0.2, 0.25) is 0 Å². The summed E-state index contributed by atoms with van der Waals surface area (Å²) >= 11 is 0. The van der Waals surface area contributed by atoms with Crippen LogP contribution in [0.4, 0.5) is 0 Å². The largest absolute Gasteiger partial charge is 0.340 e. The molecule has 3 rings (SSSR count). The molecule has 18 heavy (non-hydrogen) atoms. The van der Waals surface area contributed by atoms with Crippen LogP contribution in [0, 0.1) is 0 Å². The highest BCUT2D eigenvalue weighted by Gasteiger charge is 2.14. The number of fused-ring (bicyclic) bond motifs is 1. The van der Waals surface area contributed by atoms with Gasteiger partial charge >= 0.3 is 0 Å². The number of nitrogens with zero attached hydrogens (tertiary/aromatic N) is 3. The number of aryl methyl sites for hydroxylation is 1. The predicted octanol–water partition coefficient (Wildman–Crippen LogP) is 2.20. The number of pyridine rings is 1. The lowest BCUT2D eigenvalue weighted by Crippen LogP contribution is -2.03. The summed E-state index contributed by atoms with van der Waals surface area (Å²) in [6.45, 7) is 0. The first kappa shape index (κ1) is 10.7. The number of carbonyl (C=O) groups excluding carboxylic acids is 1. The second-order valence-electron chi connectivity index (χ2n) is 4.16. The van der Waals surface area contributed by atoms with Crippen molar-refractivity contribution in [1.29, 1.82) is 0 Å². The highest BCUT2D eigenvalue weighted by molar-refractivity contribution is 6.15. The van der Waals surface area contributed by atoms with Gasteiger partial charge in [0.05, 0.1) is 11.9 Å². The minimum Gasteiger partial charge on any atom is -0.340 e. The third-order valence-electron chi connectivity index (χ3n) is 2.85. The predicted molar refractivity (Wildman–Crippen MR) is 68.4 cm³/mol. The number of ketones is 1. The van der Waals surface area contributed by atoms with Gasteiger partial charge < -0.3 is 4.57 Å². The molecule has 0 amide bonds. The topological polar surface area (TPSA) is 47.8 Å². The van der Waals surface area contributed by atoms with E-state index in [4.69, 9.17) is 0 Å². The molecule has 0 fully saturated rings. The maximum atomic E-state index is 12.4. The first-order valence-corrected chi connectivity index (χ1v) is 5.61. The highest BCUT2D eigenvalue weighted by Crippen LogP contribution is 2.19. The van der Waals surface area contributed by atoms with Crippen molar-refractivity contribution in [3.8, 4) is 0 Å². The molecule has 0 aliphatic heterocycles. The Morgan fingerprint density at radius 2 is 2.06 bits per heavy atom. The Labute approximate surface area is 104 Å². The molecule has 2 aromatic heterocycles. The van der Waals surface area contributed by atoms with Crippen LogP contribution in [0.15, 0.2) is 49.2 Å². The third kappa shape index (κ3) is 1.68. The molecule has 0 bridgehead atoms. The molecule has 3 aromatic rings. The maximum absolute atomic E-state index is 12.4. The summed E-state index contributed by atoms with van der Waals surface area (Å²) in [6, 6.07) is 7.71. The fraction of sp³-hybridized carbons (Fsp3) is 0.0714. The summed E-state index contributed by atoms with van der Waals surface area (Å²) < 4.78 is 1.76. The fourth-order valence-electron chi connectivity index (χ4n) is 1.97. The Morgan fingerprint density at radius 3 is 2.83 bits per heavy atom. The van der Waals surface area contributed by atoms with Crippen molar-refractivity contribution in [3.05, 3.63) is 60.4 Å². The second kappa shape index (κ2) is 4.07. The molecule has 0 saturated heterocycles. The Morgan fingerprint density at radius 1 is 1.22 bits per heavy atom. The summed E-state index contributed by atoms with van der Waals surface area (Å²) in [5.41, 5.74) is 1.03. The molecule has 0 saturated carbocycles. The van der Waals surface area contributed by atoms with Gasteiger partial charge in [-0.2, -0.15) is 0 Å². The number of imidazole rings is 1. The van der Waals surface area contributed by atoms with Gasteiger partial charge in [0, 0.05) is 31.0 Å². The van der Waals surface area contributed by atoms with Crippen molar-refractivity contribution in [1.82, 2.24) is 14.5 Å². The van der Waals surface area contributed by atoms with E-state index >= 15 is 0 Å². The van der Waals surface area contributed by atoms with E-state index in [-0.39, 0.29) is 5.78 Å². The normalized spacial score (nSPS) is 10.7. The summed E-state index contributed by atoms with van der Waals surface area (Å²) in [5, 5.41) is 1.86. The van der Waals surface area contributed by atoms with Crippen LogP contribution >= 0.6 is 0 Å². The van der Waals surface area contributed by atoms with E-state index in [0.717, 1.165) is 10.8 Å². The van der Waals surface area contributed by atoms with Crippen molar-refractivity contribution in [2.45, 2.75) is 0 Å². The van der Waals surface area contributed by atoms with Crippen LogP contribution in [0.3, 0.4) is 0 Å². The fourth-order valence-corrected chi connectivity index (χ4v) is 1.97. The average Bonchev–Trinajstić information content (AvgIpc) is 2.84. The first-order valence-electron chi connectivity index (χ1n) is 5.61. The lowest BCUT2D eigenvalue weighted by atomic mass is 10.0. The zero-order valence-electron chi connectivity index (χ0n) is 9.87. The minimum atomic E-state index is -0.0973. The Hall–Kier alpha value is -2.49. The molecule has 4 heteroatoms. The van der Waals surface area contributed by atoms with Crippen molar-refractivity contribution < 1.29 is 4.79 Å². The van der Waals surface area contributed by atoms with E-state index in [1.807, 2.05) is 31.3 Å². The second-order valence-corrected chi connectivity index (χ2v) is 4.16. The molecule has 0 radical (unpaired) electrons. The Kier molecular flexibility index (Phi) is 2.41. The van der Waals surface area contributed by atoms with Gasteiger partial charge in [-0.3, -0.25) is 9.78 Å². The molecule has 0 unspecified atom stereocenters. The summed E-state index contributed by atoms with van der Waals surface area (Å²) in [5.74, 6) is -0.0973. The van der Waals surface area contributed by atoms with Gasteiger partial charge in [0.15, 0.2) is 0 Å². The Bertz CT molecular complexity index is 725. The van der Waals surface area contributed by atoms with Crippen molar-refractivity contribution >= 4 is 16.6 Å². The monoisotopic (exact) mass is 237 g/mol. The molecule has 88 valence electrons. The third-order valence-corrected chi connectivity index (χ3v) is 2.85. The van der Waals surface area contributed by atoms with Gasteiger partial charge in [0.25, 0.3) is 0 Å². The molecule has 1 aromatic carbocycles. The molecule has 0 spiro atoms. The SMILES string of the molecule is Cn1cnc(C(=O)c2cncc3ccccc23)c1. The molecule has 0 aliphatic rings. The molecular weight excluding hydrogens is 226 g/mol. The zero-order valence-corrected chi connectivity index (χ0v) is 9.87. The average molecular weight is 237 g/mol. The van der Waals surface area contributed by atoms with Gasteiger partial charge in [-0.1, -0.05) is 24.3 Å². The Balaban J connectivity index is 2.17. The van der Waals surface area contributed by atoms with Crippen LogP contribution < -0.4 is 0 Å². The van der Waals surface area contributed by atoms with E-state index in [2.05, 4.69) is 9.97 Å². The number of carbonyl (C=O) groups is 1. The van der Waals surface area contributed by atoms with Crippen LogP contribution in [0.25, 0.3) is 10.8 Å². The standard InChI is InChI=1S/C14H11N3O/c1-17-8-13(16-9-17)14(18)12-7-15-6-10-4-2-3-5-11(10)12/h2-9H,1H3. The van der Waals surface area contributed by atoms with E-state index in [0.29, 0.717) is 11.3 Å². The number of benzene rings is 1. The molecular formula is C14H11N3O. The molecule has 0 atom stereocenters. The molecule has 2 heterocycles. The number of rotatable bonds is 2. The van der Waals surface area contributed by atoms with E-state index < -0.39 is 0 Å². The summed E-state index contributed by atoms with van der Waals surface area (Å²) in [4.78, 5) is 20.6. The molecule has 4 nitrogen and oxygen atoms in total. The van der Waals surface area contributed by atoms with Crippen molar-refractivity contribution in [2.24, 2.45) is 7.05 Å². The van der Waals surface area contributed by atoms with Gasteiger partial charge in [-0.25, -0.2) is 4.98 Å². The lowest BCUT2D eigenvalue weighted by molar-refractivity contribution is 0.103.